The highest BCUT2D eigenvalue weighted by Crippen LogP contribution is 2.30. The zero-order chi connectivity index (χ0) is 15.2. The van der Waals surface area contributed by atoms with Gasteiger partial charge in [-0.25, -0.2) is 0 Å². The second kappa shape index (κ2) is 7.57. The Morgan fingerprint density at radius 3 is 2.81 bits per heavy atom. The van der Waals surface area contributed by atoms with Crippen molar-refractivity contribution in [1.82, 2.24) is 9.88 Å². The second-order valence-corrected chi connectivity index (χ2v) is 5.85. The number of pyridine rings is 1. The van der Waals surface area contributed by atoms with Crippen molar-refractivity contribution in [3.63, 3.8) is 0 Å². The van der Waals surface area contributed by atoms with Crippen LogP contribution in [0, 0.1) is 6.92 Å². The van der Waals surface area contributed by atoms with Crippen LogP contribution in [-0.2, 0) is 0 Å². The molecule has 1 aliphatic carbocycles. The Hall–Kier alpha value is -1.39. The molecule has 2 rings (SSSR count). The van der Waals surface area contributed by atoms with E-state index in [-0.39, 0.29) is 6.61 Å². The minimum Gasteiger partial charge on any atom is -0.397 e. The molecule has 0 bridgehead atoms. The number of aliphatic hydroxyl groups excluding tert-OH is 1. The van der Waals surface area contributed by atoms with Crippen LogP contribution in [0.5, 0.6) is 0 Å². The molecule has 1 unspecified atom stereocenters. The second-order valence-electron chi connectivity index (χ2n) is 5.85. The molecule has 0 amide bonds. The molecular weight excluding hydrogens is 262 g/mol. The van der Waals surface area contributed by atoms with Crippen molar-refractivity contribution in [1.29, 1.82) is 0 Å². The molecule has 1 aromatic rings. The van der Waals surface area contributed by atoms with E-state index in [1.54, 1.807) is 6.20 Å². The third kappa shape index (κ3) is 4.05. The van der Waals surface area contributed by atoms with Crippen LogP contribution in [0.3, 0.4) is 0 Å². The zero-order valence-electron chi connectivity index (χ0n) is 13.2. The highest BCUT2D eigenvalue weighted by molar-refractivity contribution is 5.67. The molecule has 0 aromatic carbocycles. The number of aryl methyl sites for hydroxylation is 1. The lowest BCUT2D eigenvalue weighted by molar-refractivity contribution is 0.143. The van der Waals surface area contributed by atoms with Crippen LogP contribution in [0.15, 0.2) is 18.3 Å². The van der Waals surface area contributed by atoms with Crippen LogP contribution >= 0.6 is 0 Å². The highest BCUT2D eigenvalue weighted by atomic mass is 16.3. The number of hydrogen-bond donors (Lipinski definition) is 2. The van der Waals surface area contributed by atoms with E-state index in [1.165, 1.54) is 5.57 Å². The number of aliphatic hydroxyl groups is 1. The van der Waals surface area contributed by atoms with E-state index in [2.05, 4.69) is 29.8 Å². The van der Waals surface area contributed by atoms with Crippen LogP contribution in [0.25, 0.3) is 5.57 Å². The van der Waals surface area contributed by atoms with Crippen molar-refractivity contribution < 1.29 is 5.11 Å². The minimum atomic E-state index is 0.242. The molecule has 4 nitrogen and oxygen atoms in total. The Kier molecular flexibility index (Phi) is 5.76. The summed E-state index contributed by atoms with van der Waals surface area (Å²) in [7, 11) is 0. The predicted octanol–water partition coefficient (Wildman–Crippen LogP) is 2.61. The molecule has 1 heterocycles. The van der Waals surface area contributed by atoms with Gasteiger partial charge in [0.2, 0.25) is 0 Å². The van der Waals surface area contributed by atoms with Crippen molar-refractivity contribution in [3.8, 4) is 0 Å². The molecule has 0 fully saturated rings. The van der Waals surface area contributed by atoms with Gasteiger partial charge in [-0.3, -0.25) is 9.88 Å². The molecule has 0 spiro atoms. The SMILES string of the molecule is CCCN(CCO)C1CC=C(c2ncc(N)cc2C)CC1. The van der Waals surface area contributed by atoms with E-state index < -0.39 is 0 Å². The van der Waals surface area contributed by atoms with E-state index in [1.807, 2.05) is 6.07 Å². The third-order valence-electron chi connectivity index (χ3n) is 4.20. The monoisotopic (exact) mass is 289 g/mol. The first kappa shape index (κ1) is 16.0. The first-order chi connectivity index (χ1) is 10.2. The minimum absolute atomic E-state index is 0.242. The quantitative estimate of drug-likeness (QED) is 0.845. The van der Waals surface area contributed by atoms with Crippen molar-refractivity contribution in [2.45, 2.75) is 45.6 Å². The van der Waals surface area contributed by atoms with E-state index >= 15 is 0 Å². The van der Waals surface area contributed by atoms with Gasteiger partial charge in [0.25, 0.3) is 0 Å². The number of nitrogen functional groups attached to an aromatic ring is 1. The molecule has 116 valence electrons. The molecule has 3 N–H and O–H groups in total. The van der Waals surface area contributed by atoms with Crippen LogP contribution < -0.4 is 5.73 Å². The first-order valence-electron chi connectivity index (χ1n) is 7.92. The highest BCUT2D eigenvalue weighted by Gasteiger charge is 2.22. The average molecular weight is 289 g/mol. The van der Waals surface area contributed by atoms with Crippen LogP contribution in [0.4, 0.5) is 5.69 Å². The van der Waals surface area contributed by atoms with Crippen molar-refractivity contribution in [2.24, 2.45) is 0 Å². The van der Waals surface area contributed by atoms with Crippen molar-refractivity contribution in [3.05, 3.63) is 29.6 Å². The standard InChI is InChI=1S/C17H27N3O/c1-3-8-20(9-10-21)16-6-4-14(5-7-16)17-13(2)11-15(18)12-19-17/h4,11-12,16,21H,3,5-10,18H2,1-2H3. The number of anilines is 1. The number of rotatable bonds is 6. The summed E-state index contributed by atoms with van der Waals surface area (Å²) in [5, 5.41) is 9.21. The number of nitrogens with two attached hydrogens (primary N) is 1. The van der Waals surface area contributed by atoms with Gasteiger partial charge in [0, 0.05) is 12.6 Å². The molecule has 0 radical (unpaired) electrons. The van der Waals surface area contributed by atoms with Gasteiger partial charge in [-0.15, -0.1) is 0 Å². The third-order valence-corrected chi connectivity index (χ3v) is 4.20. The Morgan fingerprint density at radius 2 is 2.24 bits per heavy atom. The maximum absolute atomic E-state index is 9.21. The fraction of sp³-hybridized carbons (Fsp3) is 0.588. The number of aromatic nitrogens is 1. The summed E-state index contributed by atoms with van der Waals surface area (Å²) in [5.41, 5.74) is 10.1. The summed E-state index contributed by atoms with van der Waals surface area (Å²) in [6.07, 6.45) is 8.42. The molecule has 0 saturated heterocycles. The Bertz CT molecular complexity index is 493. The van der Waals surface area contributed by atoms with Crippen molar-refractivity contribution >= 4 is 11.3 Å². The lowest BCUT2D eigenvalue weighted by Crippen LogP contribution is -2.38. The van der Waals surface area contributed by atoms with Gasteiger partial charge in [0.1, 0.15) is 0 Å². The van der Waals surface area contributed by atoms with Crippen LogP contribution in [-0.4, -0.2) is 40.7 Å². The molecule has 21 heavy (non-hydrogen) atoms. The molecule has 1 aliphatic rings. The van der Waals surface area contributed by atoms with Gasteiger partial charge >= 0.3 is 0 Å². The summed E-state index contributed by atoms with van der Waals surface area (Å²) >= 11 is 0. The lowest BCUT2D eigenvalue weighted by Gasteiger charge is -2.33. The molecule has 1 atom stereocenters. The smallest absolute Gasteiger partial charge is 0.0689 e. The normalized spacial score (nSPS) is 18.9. The molecule has 4 heteroatoms. The molecule has 0 saturated carbocycles. The topological polar surface area (TPSA) is 62.4 Å². The summed E-state index contributed by atoms with van der Waals surface area (Å²) in [6.45, 7) is 6.34. The molecular formula is C17H27N3O. The van der Waals surface area contributed by atoms with E-state index in [0.29, 0.717) is 6.04 Å². The van der Waals surface area contributed by atoms with Crippen LogP contribution in [0.2, 0.25) is 0 Å². The maximum Gasteiger partial charge on any atom is 0.0689 e. The van der Waals surface area contributed by atoms with Gasteiger partial charge in [0.05, 0.1) is 24.2 Å². The Morgan fingerprint density at radius 1 is 1.43 bits per heavy atom. The van der Waals surface area contributed by atoms with E-state index in [9.17, 15) is 5.11 Å². The Labute approximate surface area is 127 Å². The number of nitrogens with zero attached hydrogens (tertiary/aromatic N) is 2. The zero-order valence-corrected chi connectivity index (χ0v) is 13.2. The summed E-state index contributed by atoms with van der Waals surface area (Å²) in [4.78, 5) is 6.91. The average Bonchev–Trinajstić information content (AvgIpc) is 2.47. The Balaban J connectivity index is 2.07. The van der Waals surface area contributed by atoms with Crippen LogP contribution in [0.1, 0.15) is 43.9 Å². The first-order valence-corrected chi connectivity index (χ1v) is 7.92. The van der Waals surface area contributed by atoms with Gasteiger partial charge in [-0.05, 0) is 56.4 Å². The fourth-order valence-electron chi connectivity index (χ4n) is 3.19. The summed E-state index contributed by atoms with van der Waals surface area (Å²) in [5.74, 6) is 0. The largest absolute Gasteiger partial charge is 0.397 e. The van der Waals surface area contributed by atoms with E-state index in [0.717, 1.165) is 55.7 Å². The number of allylic oxidation sites excluding steroid dienone is 1. The molecule has 1 aromatic heterocycles. The van der Waals surface area contributed by atoms with Gasteiger partial charge in [-0.1, -0.05) is 13.0 Å². The number of hydrogen-bond acceptors (Lipinski definition) is 4. The van der Waals surface area contributed by atoms with Gasteiger partial charge in [0.15, 0.2) is 0 Å². The molecule has 0 aliphatic heterocycles. The predicted molar refractivity (Wildman–Crippen MR) is 88.0 cm³/mol. The summed E-state index contributed by atoms with van der Waals surface area (Å²) < 4.78 is 0. The van der Waals surface area contributed by atoms with Crippen molar-refractivity contribution in [2.75, 3.05) is 25.4 Å². The van der Waals surface area contributed by atoms with Gasteiger partial charge < -0.3 is 10.8 Å². The summed E-state index contributed by atoms with van der Waals surface area (Å²) in [6, 6.07) is 2.54. The lowest BCUT2D eigenvalue weighted by atomic mass is 9.90. The van der Waals surface area contributed by atoms with E-state index in [4.69, 9.17) is 5.73 Å². The van der Waals surface area contributed by atoms with Gasteiger partial charge in [-0.2, -0.15) is 0 Å². The maximum atomic E-state index is 9.21. The fourth-order valence-corrected chi connectivity index (χ4v) is 3.19.